The summed E-state index contributed by atoms with van der Waals surface area (Å²) in [5, 5.41) is 12.1. The van der Waals surface area contributed by atoms with E-state index in [1.165, 1.54) is 0 Å². The predicted molar refractivity (Wildman–Crippen MR) is 215 cm³/mol. The Morgan fingerprint density at radius 2 is 1.59 bits per heavy atom. The van der Waals surface area contributed by atoms with Crippen molar-refractivity contribution < 1.29 is 47.9 Å². The molecule has 4 heterocycles. The van der Waals surface area contributed by atoms with E-state index in [4.69, 9.17) is 33.2 Å². The minimum absolute atomic E-state index is 0.0128. The number of aliphatic hydroxyl groups excluding tert-OH is 1. The summed E-state index contributed by atoms with van der Waals surface area (Å²) in [4.78, 5) is 30.2. The highest BCUT2D eigenvalue weighted by Gasteiger charge is 2.85. The third kappa shape index (κ3) is 5.63. The van der Waals surface area contributed by atoms with Crippen LogP contribution < -0.4 is 0 Å². The molecule has 11 rings (SSSR count). The molecule has 4 aliphatic carbocycles. The summed E-state index contributed by atoms with van der Waals surface area (Å²) >= 11 is 0. The molecule has 59 heavy (non-hydrogen) atoms. The summed E-state index contributed by atoms with van der Waals surface area (Å²) in [6.07, 6.45) is 1.49. The molecule has 14 atom stereocenters. The predicted octanol–water partition coefficient (Wildman–Crippen LogP) is 7.68. The van der Waals surface area contributed by atoms with E-state index in [2.05, 4.69) is 26.8 Å². The molecule has 0 spiro atoms. The van der Waals surface area contributed by atoms with Crippen LogP contribution in [0.15, 0.2) is 103 Å². The van der Waals surface area contributed by atoms with Gasteiger partial charge < -0.3 is 38.3 Å². The van der Waals surface area contributed by atoms with Crippen LogP contribution in [-0.2, 0) is 49.4 Å². The van der Waals surface area contributed by atoms with Crippen molar-refractivity contribution in [1.29, 1.82) is 0 Å². The van der Waals surface area contributed by atoms with Gasteiger partial charge in [-0.05, 0) is 72.0 Å². The van der Waals surface area contributed by atoms with Crippen LogP contribution in [0.25, 0.3) is 0 Å². The maximum absolute atomic E-state index is 16.0. The Morgan fingerprint density at radius 3 is 2.24 bits per heavy atom. The molecule has 10 nitrogen and oxygen atoms in total. The summed E-state index contributed by atoms with van der Waals surface area (Å²) in [7, 11) is 0. The molecular weight excluding hydrogens is 749 g/mol. The Balaban J connectivity index is 0.989. The van der Waals surface area contributed by atoms with E-state index in [1.807, 2.05) is 97.9 Å². The van der Waals surface area contributed by atoms with Crippen LogP contribution in [-0.4, -0.2) is 66.9 Å². The molecule has 0 aromatic heterocycles. The first kappa shape index (κ1) is 39.4. The Morgan fingerprint density at radius 1 is 0.915 bits per heavy atom. The average Bonchev–Trinajstić information content (AvgIpc) is 4.00. The number of hydrogen-bond donors (Lipinski definition) is 1. The highest BCUT2D eigenvalue weighted by Crippen LogP contribution is 2.83. The second-order valence-electron chi connectivity index (χ2n) is 18.5. The van der Waals surface area contributed by atoms with Crippen LogP contribution in [0, 0.1) is 45.8 Å². The summed E-state index contributed by atoms with van der Waals surface area (Å²) in [6, 6.07) is 29.5. The van der Waals surface area contributed by atoms with Gasteiger partial charge in [-0.15, -0.1) is 0 Å². The van der Waals surface area contributed by atoms with Crippen molar-refractivity contribution in [1.82, 2.24) is 0 Å². The SMILES string of the molecule is CCC(OCc1ccccc1)OC1C2OC3(OCC45CC6C(C)CCC6C6(C=O)CC4C=C(C(C)C)C65C(=O)OC(c4ccccc4)c4ccccc4)OC2OC1C3O. The van der Waals surface area contributed by atoms with Gasteiger partial charge in [-0.25, -0.2) is 0 Å². The second-order valence-corrected chi connectivity index (χ2v) is 18.5. The topological polar surface area (TPSA) is 119 Å². The van der Waals surface area contributed by atoms with Crippen molar-refractivity contribution in [2.24, 2.45) is 45.8 Å². The third-order valence-corrected chi connectivity index (χ3v) is 15.4. The van der Waals surface area contributed by atoms with E-state index in [0.29, 0.717) is 31.8 Å². The van der Waals surface area contributed by atoms with Gasteiger partial charge in [-0.3, -0.25) is 9.53 Å². The molecule has 4 saturated heterocycles. The molecule has 3 aromatic rings. The third-order valence-electron chi connectivity index (χ3n) is 15.4. The van der Waals surface area contributed by atoms with Crippen LogP contribution in [0.5, 0.6) is 0 Å². The van der Waals surface area contributed by atoms with Crippen LogP contribution in [0.2, 0.25) is 0 Å². The normalized spacial score (nSPS) is 40.1. The molecule has 14 unspecified atom stereocenters. The minimum Gasteiger partial charge on any atom is -0.452 e. The van der Waals surface area contributed by atoms with Crippen LogP contribution in [0.3, 0.4) is 0 Å². The molecule has 4 aliphatic heterocycles. The Kier molecular flexibility index (Phi) is 9.83. The van der Waals surface area contributed by atoms with Gasteiger partial charge in [0.1, 0.15) is 30.0 Å². The lowest BCUT2D eigenvalue weighted by Gasteiger charge is -2.59. The number of aldehydes is 1. The largest absolute Gasteiger partial charge is 0.452 e. The maximum atomic E-state index is 16.0. The molecule has 3 saturated carbocycles. The highest BCUT2D eigenvalue weighted by molar-refractivity contribution is 5.92. The second kappa shape index (κ2) is 14.7. The number of esters is 1. The van der Waals surface area contributed by atoms with Gasteiger partial charge in [-0.2, -0.15) is 0 Å². The Labute approximate surface area is 346 Å². The molecule has 8 bridgehead atoms. The van der Waals surface area contributed by atoms with Crippen molar-refractivity contribution >= 4 is 12.3 Å². The number of carbonyl (C=O) groups excluding carboxylic acids is 2. The molecular formula is C49H56O10. The molecule has 3 aromatic carbocycles. The monoisotopic (exact) mass is 804 g/mol. The lowest BCUT2D eigenvalue weighted by Crippen LogP contribution is -2.66. The van der Waals surface area contributed by atoms with E-state index >= 15 is 4.79 Å². The molecule has 312 valence electrons. The smallest absolute Gasteiger partial charge is 0.318 e. The Bertz CT molecular complexity index is 2020. The summed E-state index contributed by atoms with van der Waals surface area (Å²) in [5.74, 6) is -1.84. The molecule has 0 amide bonds. The molecule has 8 aliphatic rings. The van der Waals surface area contributed by atoms with E-state index in [9.17, 15) is 9.90 Å². The van der Waals surface area contributed by atoms with Crippen molar-refractivity contribution in [2.45, 2.75) is 115 Å². The van der Waals surface area contributed by atoms with Gasteiger partial charge in [0.2, 0.25) is 0 Å². The number of rotatable bonds is 15. The van der Waals surface area contributed by atoms with Crippen molar-refractivity contribution in [3.63, 3.8) is 0 Å². The number of hydrogen-bond acceptors (Lipinski definition) is 10. The number of ether oxygens (including phenoxy) is 7. The van der Waals surface area contributed by atoms with E-state index < -0.39 is 71.3 Å². The van der Waals surface area contributed by atoms with Crippen molar-refractivity contribution in [3.05, 3.63) is 119 Å². The van der Waals surface area contributed by atoms with Gasteiger partial charge >= 0.3 is 11.9 Å². The van der Waals surface area contributed by atoms with Crippen molar-refractivity contribution in [2.75, 3.05) is 6.61 Å². The first-order valence-corrected chi connectivity index (χ1v) is 21.7. The number of aliphatic hydroxyl groups is 1. The van der Waals surface area contributed by atoms with Gasteiger partial charge in [0.25, 0.3) is 0 Å². The fraction of sp³-hybridized carbons (Fsp3) is 0.551. The van der Waals surface area contributed by atoms with Crippen molar-refractivity contribution in [3.8, 4) is 0 Å². The van der Waals surface area contributed by atoms with E-state index in [-0.39, 0.29) is 30.3 Å². The fourth-order valence-electron chi connectivity index (χ4n) is 13.0. The quantitative estimate of drug-likeness (QED) is 0.0710. The summed E-state index contributed by atoms with van der Waals surface area (Å²) in [6.45, 7) is 8.87. The highest BCUT2D eigenvalue weighted by atomic mass is 17.0. The van der Waals surface area contributed by atoms with E-state index in [0.717, 1.165) is 41.4 Å². The van der Waals surface area contributed by atoms with Gasteiger partial charge in [-0.1, -0.05) is 137 Å². The first-order chi connectivity index (χ1) is 28.6. The van der Waals surface area contributed by atoms with E-state index in [1.54, 1.807) is 0 Å². The lowest BCUT2D eigenvalue weighted by atomic mass is 9.43. The maximum Gasteiger partial charge on any atom is 0.318 e. The number of fused-ring (bicyclic) bond motifs is 2. The number of benzene rings is 3. The average molecular weight is 805 g/mol. The molecule has 10 heteroatoms. The fourth-order valence-corrected chi connectivity index (χ4v) is 13.0. The van der Waals surface area contributed by atoms with Gasteiger partial charge in [0.05, 0.1) is 18.6 Å². The number of carbonyl (C=O) groups is 2. The summed E-state index contributed by atoms with van der Waals surface area (Å²) < 4.78 is 45.6. The molecule has 1 N–H and O–H groups in total. The first-order valence-electron chi connectivity index (χ1n) is 21.7. The van der Waals surface area contributed by atoms with Crippen LogP contribution >= 0.6 is 0 Å². The minimum atomic E-state index is -1.84. The zero-order chi connectivity index (χ0) is 40.7. The summed E-state index contributed by atoms with van der Waals surface area (Å²) in [5.41, 5.74) is 0.475. The zero-order valence-corrected chi connectivity index (χ0v) is 34.3. The standard InChI is InChI=1S/C49H56O10/c1-5-38(53-26-31-15-9-6-10-16-31)55-40-41-43(51)49(58-42(40)44(56-41)59-49)54-28-47-25-35-30(4)21-22-36(35)46(27-50)24-34(47)23-37(29(2)3)48(46,47)45(52)57-39(32-17-11-7-12-18-32)33-19-13-8-14-20-33/h6-20,23,27,29-30,34-36,38-44,51H,5,21-22,24-26,28H2,1-4H3. The lowest BCUT2D eigenvalue weighted by molar-refractivity contribution is -0.451. The van der Waals surface area contributed by atoms with Gasteiger partial charge in [0, 0.05) is 5.41 Å². The van der Waals surface area contributed by atoms with Crippen LogP contribution in [0.4, 0.5) is 0 Å². The zero-order valence-electron chi connectivity index (χ0n) is 34.3. The van der Waals surface area contributed by atoms with Crippen LogP contribution in [0.1, 0.15) is 82.6 Å². The molecule has 0 radical (unpaired) electrons. The molecule has 7 fully saturated rings. The number of allylic oxidation sites excluding steroid dienone is 1. The Hall–Kier alpha value is -3.74. The van der Waals surface area contributed by atoms with Gasteiger partial charge in [0.15, 0.2) is 24.8 Å².